The van der Waals surface area contributed by atoms with Crippen molar-refractivity contribution in [2.75, 3.05) is 38.7 Å². The predicted octanol–water partition coefficient (Wildman–Crippen LogP) is 3.11. The van der Waals surface area contributed by atoms with Crippen LogP contribution < -0.4 is 10.1 Å². The number of rotatable bonds is 4. The van der Waals surface area contributed by atoms with Gasteiger partial charge >= 0.3 is 0 Å². The standard InChI is InChI=1S/C21H24N4O3/c1-14-12-15(27-3)4-5-18(14)23-20-16-6-7-24(2)19(16)17(13-22-20)21(26)25-8-10-28-11-9-25/h4-7,12-13H,8-11H2,1-3H3,(H,22,23). The number of anilines is 2. The highest BCUT2D eigenvalue weighted by molar-refractivity contribution is 6.08. The van der Waals surface area contributed by atoms with Crippen LogP contribution in [0, 0.1) is 6.92 Å². The molecule has 0 saturated carbocycles. The number of aryl methyl sites for hydroxylation is 2. The van der Waals surface area contributed by atoms with Gasteiger partial charge in [0.1, 0.15) is 11.6 Å². The lowest BCUT2D eigenvalue weighted by Crippen LogP contribution is -2.40. The van der Waals surface area contributed by atoms with Crippen molar-refractivity contribution in [1.82, 2.24) is 14.5 Å². The second kappa shape index (κ2) is 7.52. The number of amides is 1. The van der Waals surface area contributed by atoms with E-state index < -0.39 is 0 Å². The van der Waals surface area contributed by atoms with Crippen molar-refractivity contribution in [3.05, 3.63) is 47.8 Å². The summed E-state index contributed by atoms with van der Waals surface area (Å²) in [7, 11) is 3.60. The molecule has 0 aliphatic carbocycles. The Bertz CT molecular complexity index is 1020. The Morgan fingerprint density at radius 3 is 2.75 bits per heavy atom. The number of nitrogens with zero attached hydrogens (tertiary/aromatic N) is 3. The van der Waals surface area contributed by atoms with Crippen LogP contribution in [0.5, 0.6) is 5.75 Å². The summed E-state index contributed by atoms with van der Waals surface area (Å²) in [4.78, 5) is 19.4. The fourth-order valence-corrected chi connectivity index (χ4v) is 3.54. The molecule has 146 valence electrons. The molecule has 4 rings (SSSR count). The van der Waals surface area contributed by atoms with E-state index in [2.05, 4.69) is 10.3 Å². The molecule has 0 atom stereocenters. The average Bonchev–Trinajstić information content (AvgIpc) is 3.12. The summed E-state index contributed by atoms with van der Waals surface area (Å²) in [5.41, 5.74) is 3.49. The van der Waals surface area contributed by atoms with E-state index in [-0.39, 0.29) is 5.91 Å². The van der Waals surface area contributed by atoms with Gasteiger partial charge in [0.25, 0.3) is 5.91 Å². The van der Waals surface area contributed by atoms with Crippen LogP contribution in [0.1, 0.15) is 15.9 Å². The number of fused-ring (bicyclic) bond motifs is 1. The van der Waals surface area contributed by atoms with Gasteiger partial charge in [-0.15, -0.1) is 0 Å². The maximum Gasteiger partial charge on any atom is 0.257 e. The molecule has 1 fully saturated rings. The summed E-state index contributed by atoms with van der Waals surface area (Å²) in [5, 5.41) is 4.31. The summed E-state index contributed by atoms with van der Waals surface area (Å²) in [5.74, 6) is 1.53. The number of hydrogen-bond donors (Lipinski definition) is 1. The summed E-state index contributed by atoms with van der Waals surface area (Å²) in [6, 6.07) is 7.84. The monoisotopic (exact) mass is 380 g/mol. The molecule has 1 aromatic carbocycles. The van der Waals surface area contributed by atoms with Crippen LogP contribution >= 0.6 is 0 Å². The molecule has 0 unspecified atom stereocenters. The highest BCUT2D eigenvalue weighted by atomic mass is 16.5. The van der Waals surface area contributed by atoms with Crippen molar-refractivity contribution in [2.24, 2.45) is 7.05 Å². The first-order chi connectivity index (χ1) is 13.6. The Hall–Kier alpha value is -3.06. The first kappa shape index (κ1) is 18.3. The second-order valence-electron chi connectivity index (χ2n) is 6.92. The third-order valence-electron chi connectivity index (χ3n) is 5.12. The Kier molecular flexibility index (Phi) is 4.92. The molecule has 1 amide bonds. The molecule has 2 aromatic heterocycles. The molecule has 3 heterocycles. The number of ether oxygens (including phenoxy) is 2. The van der Waals surface area contributed by atoms with Crippen LogP contribution in [0.15, 0.2) is 36.7 Å². The molecule has 28 heavy (non-hydrogen) atoms. The van der Waals surface area contributed by atoms with Crippen molar-refractivity contribution in [1.29, 1.82) is 0 Å². The van der Waals surface area contributed by atoms with Gasteiger partial charge in [-0.3, -0.25) is 4.79 Å². The van der Waals surface area contributed by atoms with E-state index in [1.807, 2.05) is 53.9 Å². The summed E-state index contributed by atoms with van der Waals surface area (Å²) < 4.78 is 12.6. The molecule has 0 spiro atoms. The minimum atomic E-state index is -0.00484. The van der Waals surface area contributed by atoms with Gasteiger partial charge in [0, 0.05) is 43.6 Å². The number of methoxy groups -OCH3 is 1. The Morgan fingerprint density at radius 2 is 2.04 bits per heavy atom. The zero-order valence-corrected chi connectivity index (χ0v) is 16.4. The average molecular weight is 380 g/mol. The number of benzene rings is 1. The Morgan fingerprint density at radius 1 is 1.25 bits per heavy atom. The van der Waals surface area contributed by atoms with Crippen LogP contribution in [0.2, 0.25) is 0 Å². The van der Waals surface area contributed by atoms with Crippen LogP contribution in [0.25, 0.3) is 10.9 Å². The predicted molar refractivity (Wildman–Crippen MR) is 108 cm³/mol. The lowest BCUT2D eigenvalue weighted by molar-refractivity contribution is 0.0303. The Balaban J connectivity index is 1.71. The van der Waals surface area contributed by atoms with Crippen LogP contribution in [-0.4, -0.2) is 53.8 Å². The topological polar surface area (TPSA) is 68.6 Å². The number of carbonyl (C=O) groups is 1. The van der Waals surface area contributed by atoms with Gasteiger partial charge in [0.05, 0.1) is 31.4 Å². The van der Waals surface area contributed by atoms with E-state index in [0.717, 1.165) is 33.7 Å². The maximum absolute atomic E-state index is 13.0. The van der Waals surface area contributed by atoms with Crippen molar-refractivity contribution in [2.45, 2.75) is 6.92 Å². The van der Waals surface area contributed by atoms with Gasteiger partial charge in [0.15, 0.2) is 0 Å². The maximum atomic E-state index is 13.0. The number of nitrogens with one attached hydrogen (secondary N) is 1. The summed E-state index contributed by atoms with van der Waals surface area (Å²) in [6.07, 6.45) is 3.62. The van der Waals surface area contributed by atoms with Crippen molar-refractivity contribution < 1.29 is 14.3 Å². The molecule has 1 saturated heterocycles. The number of hydrogen-bond acceptors (Lipinski definition) is 5. The molecule has 7 heteroatoms. The van der Waals surface area contributed by atoms with E-state index in [4.69, 9.17) is 9.47 Å². The third-order valence-corrected chi connectivity index (χ3v) is 5.12. The van der Waals surface area contributed by atoms with E-state index in [0.29, 0.717) is 31.9 Å². The molecule has 1 aliphatic heterocycles. The van der Waals surface area contributed by atoms with Gasteiger partial charge in [-0.05, 0) is 36.8 Å². The van der Waals surface area contributed by atoms with E-state index >= 15 is 0 Å². The largest absolute Gasteiger partial charge is 0.497 e. The van der Waals surface area contributed by atoms with Gasteiger partial charge in [0.2, 0.25) is 0 Å². The lowest BCUT2D eigenvalue weighted by atomic mass is 10.1. The van der Waals surface area contributed by atoms with Gasteiger partial charge in [-0.2, -0.15) is 0 Å². The van der Waals surface area contributed by atoms with Gasteiger partial charge in [-0.25, -0.2) is 4.98 Å². The smallest absolute Gasteiger partial charge is 0.257 e. The molecule has 1 aliphatic rings. The normalized spacial score (nSPS) is 14.3. The first-order valence-corrected chi connectivity index (χ1v) is 9.31. The molecule has 3 aromatic rings. The first-order valence-electron chi connectivity index (χ1n) is 9.31. The molecule has 7 nitrogen and oxygen atoms in total. The third kappa shape index (κ3) is 3.29. The summed E-state index contributed by atoms with van der Waals surface area (Å²) in [6.45, 7) is 4.38. The fourth-order valence-electron chi connectivity index (χ4n) is 3.54. The second-order valence-corrected chi connectivity index (χ2v) is 6.92. The quantitative estimate of drug-likeness (QED) is 0.753. The highest BCUT2D eigenvalue weighted by Crippen LogP contribution is 2.30. The van der Waals surface area contributed by atoms with Crippen molar-refractivity contribution in [3.63, 3.8) is 0 Å². The van der Waals surface area contributed by atoms with Crippen LogP contribution in [0.4, 0.5) is 11.5 Å². The molecule has 0 radical (unpaired) electrons. The van der Waals surface area contributed by atoms with Crippen molar-refractivity contribution in [3.8, 4) is 5.75 Å². The number of morpholine rings is 1. The van der Waals surface area contributed by atoms with Gasteiger partial charge in [-0.1, -0.05) is 0 Å². The zero-order chi connectivity index (χ0) is 19.7. The van der Waals surface area contributed by atoms with E-state index in [1.165, 1.54) is 0 Å². The van der Waals surface area contributed by atoms with Crippen molar-refractivity contribution >= 4 is 28.3 Å². The number of carbonyl (C=O) groups excluding carboxylic acids is 1. The molecular weight excluding hydrogens is 356 g/mol. The molecule has 0 bridgehead atoms. The molecular formula is C21H24N4O3. The summed E-state index contributed by atoms with van der Waals surface area (Å²) >= 11 is 0. The van der Waals surface area contributed by atoms with E-state index in [9.17, 15) is 4.79 Å². The SMILES string of the molecule is COc1ccc(Nc2ncc(C(=O)N3CCOCC3)c3c2ccn3C)c(C)c1. The minimum absolute atomic E-state index is 0.00484. The van der Waals surface area contributed by atoms with Crippen LogP contribution in [0.3, 0.4) is 0 Å². The van der Waals surface area contributed by atoms with E-state index in [1.54, 1.807) is 13.3 Å². The highest BCUT2D eigenvalue weighted by Gasteiger charge is 2.23. The fraction of sp³-hybridized carbons (Fsp3) is 0.333. The van der Waals surface area contributed by atoms with Crippen LogP contribution in [-0.2, 0) is 11.8 Å². The molecule has 1 N–H and O–H groups in total. The van der Waals surface area contributed by atoms with Gasteiger partial charge < -0.3 is 24.3 Å². The Labute approximate surface area is 163 Å². The zero-order valence-electron chi connectivity index (χ0n) is 16.4. The minimum Gasteiger partial charge on any atom is -0.497 e. The number of pyridine rings is 1. The lowest BCUT2D eigenvalue weighted by Gasteiger charge is -2.27. The number of aromatic nitrogens is 2.